The van der Waals surface area contributed by atoms with Gasteiger partial charge in [-0.1, -0.05) is 19.4 Å². The van der Waals surface area contributed by atoms with Gasteiger partial charge in [-0.25, -0.2) is 8.42 Å². The van der Waals surface area contributed by atoms with Crippen LogP contribution in [-0.2, 0) is 10.0 Å². The molecule has 2 rings (SSSR count). The first-order valence-corrected chi connectivity index (χ1v) is 9.09. The van der Waals surface area contributed by atoms with Crippen molar-refractivity contribution in [3.63, 3.8) is 0 Å². The second kappa shape index (κ2) is 5.97. The van der Waals surface area contributed by atoms with Crippen LogP contribution in [0.25, 0.3) is 0 Å². The number of anilines is 1. The Bertz CT molecular complexity index is 638. The van der Waals surface area contributed by atoms with Crippen molar-refractivity contribution in [3.05, 3.63) is 22.8 Å². The Morgan fingerprint density at radius 2 is 1.95 bits per heavy atom. The molecule has 1 unspecified atom stereocenters. The Balaban J connectivity index is 2.40. The lowest BCUT2D eigenvalue weighted by molar-refractivity contribution is 0.444. The van der Waals surface area contributed by atoms with E-state index in [1.54, 1.807) is 4.31 Å². The fourth-order valence-corrected chi connectivity index (χ4v) is 5.34. The molecule has 2 N–H and O–H groups in total. The third-order valence-electron chi connectivity index (χ3n) is 4.50. The van der Waals surface area contributed by atoms with Crippen LogP contribution in [0.1, 0.15) is 42.9 Å². The molecule has 0 saturated carbocycles. The number of aryl methyl sites for hydroxylation is 2. The number of sulfonamides is 1. The molecule has 0 aromatic heterocycles. The normalized spacial score (nSPS) is 20.1. The van der Waals surface area contributed by atoms with Crippen LogP contribution < -0.4 is 5.73 Å². The van der Waals surface area contributed by atoms with Gasteiger partial charge in [-0.15, -0.1) is 0 Å². The lowest BCUT2D eigenvalue weighted by Gasteiger charge is -2.21. The minimum absolute atomic E-state index is 0.405. The van der Waals surface area contributed by atoms with Gasteiger partial charge in [0.15, 0.2) is 0 Å². The summed E-state index contributed by atoms with van der Waals surface area (Å²) in [5, 5.41) is 0. The van der Waals surface area contributed by atoms with Crippen LogP contribution >= 0.6 is 0 Å². The van der Waals surface area contributed by atoms with Gasteiger partial charge in [0.05, 0.1) is 4.90 Å². The second-order valence-electron chi connectivity index (χ2n) is 6.18. The molecule has 1 aromatic carbocycles. The van der Waals surface area contributed by atoms with Gasteiger partial charge in [-0.3, -0.25) is 0 Å². The van der Waals surface area contributed by atoms with Crippen LogP contribution in [0.15, 0.2) is 11.0 Å². The lowest BCUT2D eigenvalue weighted by Crippen LogP contribution is -2.30. The molecule has 5 heteroatoms. The van der Waals surface area contributed by atoms with E-state index in [9.17, 15) is 8.42 Å². The van der Waals surface area contributed by atoms with Gasteiger partial charge in [-0.05, 0) is 56.2 Å². The Kier molecular flexibility index (Phi) is 4.63. The third-order valence-corrected chi connectivity index (χ3v) is 6.66. The minimum atomic E-state index is -3.44. The first kappa shape index (κ1) is 16.3. The molecule has 1 atom stereocenters. The van der Waals surface area contributed by atoms with E-state index < -0.39 is 10.0 Å². The summed E-state index contributed by atoms with van der Waals surface area (Å²) in [5.41, 5.74) is 9.04. The topological polar surface area (TPSA) is 63.4 Å². The van der Waals surface area contributed by atoms with Crippen molar-refractivity contribution in [1.82, 2.24) is 4.31 Å². The van der Waals surface area contributed by atoms with E-state index in [4.69, 9.17) is 5.73 Å². The van der Waals surface area contributed by atoms with E-state index in [-0.39, 0.29) is 0 Å². The van der Waals surface area contributed by atoms with Crippen molar-refractivity contribution in [2.75, 3.05) is 18.8 Å². The van der Waals surface area contributed by atoms with Crippen molar-refractivity contribution >= 4 is 15.7 Å². The predicted molar refractivity (Wildman–Crippen MR) is 86.8 cm³/mol. The van der Waals surface area contributed by atoms with Gasteiger partial charge in [0.2, 0.25) is 10.0 Å². The molecule has 4 nitrogen and oxygen atoms in total. The highest BCUT2D eigenvalue weighted by Gasteiger charge is 2.34. The van der Waals surface area contributed by atoms with Crippen LogP contribution in [0.3, 0.4) is 0 Å². The molecule has 1 heterocycles. The van der Waals surface area contributed by atoms with Gasteiger partial charge in [0.1, 0.15) is 0 Å². The average molecular weight is 310 g/mol. The number of rotatable bonds is 4. The summed E-state index contributed by atoms with van der Waals surface area (Å²) in [5.74, 6) is 0.494. The highest BCUT2D eigenvalue weighted by molar-refractivity contribution is 7.89. The Labute approximate surface area is 128 Å². The van der Waals surface area contributed by atoms with E-state index in [0.717, 1.165) is 30.4 Å². The largest absolute Gasteiger partial charge is 0.398 e. The van der Waals surface area contributed by atoms with E-state index in [2.05, 4.69) is 6.92 Å². The molecule has 1 aliphatic heterocycles. The molecular weight excluding hydrogens is 284 g/mol. The van der Waals surface area contributed by atoms with Gasteiger partial charge in [0.25, 0.3) is 0 Å². The second-order valence-corrected chi connectivity index (χ2v) is 8.06. The summed E-state index contributed by atoms with van der Waals surface area (Å²) in [6.07, 6.45) is 3.17. The van der Waals surface area contributed by atoms with Crippen molar-refractivity contribution in [2.45, 2.75) is 51.9 Å². The fourth-order valence-electron chi connectivity index (χ4n) is 3.37. The van der Waals surface area contributed by atoms with Crippen molar-refractivity contribution < 1.29 is 8.42 Å². The van der Waals surface area contributed by atoms with Crippen LogP contribution in [0.4, 0.5) is 5.69 Å². The van der Waals surface area contributed by atoms with Crippen LogP contribution in [0, 0.1) is 26.7 Å². The number of hydrogen-bond acceptors (Lipinski definition) is 3. The zero-order valence-electron chi connectivity index (χ0n) is 13.4. The number of hydrogen-bond donors (Lipinski definition) is 1. The monoisotopic (exact) mass is 310 g/mol. The van der Waals surface area contributed by atoms with Gasteiger partial charge < -0.3 is 5.73 Å². The van der Waals surface area contributed by atoms with Gasteiger partial charge in [-0.2, -0.15) is 4.31 Å². The molecule has 21 heavy (non-hydrogen) atoms. The number of nitrogens with two attached hydrogens (primary N) is 1. The zero-order chi connectivity index (χ0) is 15.8. The van der Waals surface area contributed by atoms with Crippen molar-refractivity contribution in [3.8, 4) is 0 Å². The Morgan fingerprint density at radius 1 is 1.29 bits per heavy atom. The quantitative estimate of drug-likeness (QED) is 0.870. The highest BCUT2D eigenvalue weighted by Crippen LogP contribution is 2.33. The maximum atomic E-state index is 13.0. The summed E-state index contributed by atoms with van der Waals surface area (Å²) in [7, 11) is -3.44. The van der Waals surface area contributed by atoms with Gasteiger partial charge >= 0.3 is 0 Å². The first-order chi connectivity index (χ1) is 9.78. The summed E-state index contributed by atoms with van der Waals surface area (Å²) >= 11 is 0. The Morgan fingerprint density at radius 3 is 2.57 bits per heavy atom. The average Bonchev–Trinajstić information content (AvgIpc) is 2.85. The molecule has 1 aromatic rings. The van der Waals surface area contributed by atoms with Crippen LogP contribution in [0.5, 0.6) is 0 Å². The third kappa shape index (κ3) is 2.94. The summed E-state index contributed by atoms with van der Waals surface area (Å²) in [6, 6.07) is 1.87. The number of nitrogen functional groups attached to an aromatic ring is 1. The van der Waals surface area contributed by atoms with Crippen LogP contribution in [-0.4, -0.2) is 25.8 Å². The zero-order valence-corrected chi connectivity index (χ0v) is 14.3. The maximum Gasteiger partial charge on any atom is 0.243 e. The van der Waals surface area contributed by atoms with E-state index in [1.165, 1.54) is 0 Å². The minimum Gasteiger partial charge on any atom is -0.398 e. The standard InChI is InChI=1S/C16H26N2O2S/c1-5-6-14-7-8-18(10-14)21(19,20)16-12(3)9-11(2)15(17)13(16)4/h9,14H,5-8,10,17H2,1-4H3. The molecule has 1 aliphatic rings. The summed E-state index contributed by atoms with van der Waals surface area (Å²) in [6.45, 7) is 8.99. The van der Waals surface area contributed by atoms with Gasteiger partial charge in [0, 0.05) is 18.8 Å². The molecule has 0 radical (unpaired) electrons. The molecule has 0 amide bonds. The van der Waals surface area contributed by atoms with E-state index >= 15 is 0 Å². The SMILES string of the molecule is CCCC1CCN(S(=O)(=O)c2c(C)cc(C)c(N)c2C)C1. The summed E-state index contributed by atoms with van der Waals surface area (Å²) in [4.78, 5) is 0.405. The molecule has 0 bridgehead atoms. The molecular formula is C16H26N2O2S. The van der Waals surface area contributed by atoms with E-state index in [0.29, 0.717) is 35.2 Å². The smallest absolute Gasteiger partial charge is 0.243 e. The molecule has 1 fully saturated rings. The number of benzene rings is 1. The van der Waals surface area contributed by atoms with Crippen LogP contribution in [0.2, 0.25) is 0 Å². The first-order valence-electron chi connectivity index (χ1n) is 7.65. The van der Waals surface area contributed by atoms with Crippen molar-refractivity contribution in [1.29, 1.82) is 0 Å². The number of nitrogens with zero attached hydrogens (tertiary/aromatic N) is 1. The molecule has 0 aliphatic carbocycles. The molecule has 1 saturated heterocycles. The highest BCUT2D eigenvalue weighted by atomic mass is 32.2. The lowest BCUT2D eigenvalue weighted by atomic mass is 10.0. The molecule has 0 spiro atoms. The fraction of sp³-hybridized carbons (Fsp3) is 0.625. The predicted octanol–water partition coefficient (Wildman–Crippen LogP) is 3.00. The van der Waals surface area contributed by atoms with E-state index in [1.807, 2.05) is 26.8 Å². The maximum absolute atomic E-state index is 13.0. The van der Waals surface area contributed by atoms with Crippen molar-refractivity contribution in [2.24, 2.45) is 5.92 Å². The summed E-state index contributed by atoms with van der Waals surface area (Å²) < 4.78 is 27.6. The Hall–Kier alpha value is -1.07. The molecule has 118 valence electrons.